The minimum atomic E-state index is 0.531. The summed E-state index contributed by atoms with van der Waals surface area (Å²) in [7, 11) is 2.09. The predicted molar refractivity (Wildman–Crippen MR) is 79.5 cm³/mol. The molecule has 0 amide bonds. The van der Waals surface area contributed by atoms with E-state index in [0.717, 1.165) is 23.5 Å². The summed E-state index contributed by atoms with van der Waals surface area (Å²) in [4.78, 5) is 0. The number of aromatic nitrogens is 1. The second-order valence-electron chi connectivity index (χ2n) is 5.12. The second-order valence-corrected chi connectivity index (χ2v) is 5.53. The molecule has 0 fully saturated rings. The van der Waals surface area contributed by atoms with Gasteiger partial charge in [0, 0.05) is 24.2 Å². The Morgan fingerprint density at radius 1 is 1.33 bits per heavy atom. The fraction of sp³-hybridized carbons (Fsp3) is 0.467. The number of hydrogen-bond acceptors (Lipinski definition) is 1. The third-order valence-corrected chi connectivity index (χ3v) is 3.82. The van der Waals surface area contributed by atoms with Crippen molar-refractivity contribution in [3.8, 4) is 0 Å². The Labute approximate surface area is 114 Å². The van der Waals surface area contributed by atoms with Crippen LogP contribution in [0.3, 0.4) is 0 Å². The molecular formula is C15H21ClN2. The molecule has 0 atom stereocenters. The van der Waals surface area contributed by atoms with E-state index in [4.69, 9.17) is 11.6 Å². The molecule has 0 unspecified atom stereocenters. The summed E-state index contributed by atoms with van der Waals surface area (Å²) in [6.07, 6.45) is 1.04. The van der Waals surface area contributed by atoms with E-state index in [9.17, 15) is 0 Å². The van der Waals surface area contributed by atoms with E-state index < -0.39 is 0 Å². The van der Waals surface area contributed by atoms with Crippen molar-refractivity contribution in [2.45, 2.75) is 33.2 Å². The topological polar surface area (TPSA) is 17.0 Å². The molecule has 1 heterocycles. The number of rotatable bonds is 4. The van der Waals surface area contributed by atoms with Crippen LogP contribution < -0.4 is 5.32 Å². The fourth-order valence-electron chi connectivity index (χ4n) is 2.47. The van der Waals surface area contributed by atoms with Gasteiger partial charge in [0.25, 0.3) is 0 Å². The lowest BCUT2D eigenvalue weighted by atomic mass is 10.1. The van der Waals surface area contributed by atoms with Crippen molar-refractivity contribution in [1.29, 1.82) is 0 Å². The fourth-order valence-corrected chi connectivity index (χ4v) is 2.77. The van der Waals surface area contributed by atoms with Crippen LogP contribution in [-0.4, -0.2) is 17.2 Å². The zero-order valence-corrected chi connectivity index (χ0v) is 12.3. The molecule has 1 aromatic carbocycles. The molecular weight excluding hydrogens is 244 g/mol. The van der Waals surface area contributed by atoms with E-state index in [-0.39, 0.29) is 0 Å². The second kappa shape index (κ2) is 5.33. The SMILES string of the molecule is Cc1c(CCNC(C)C)c2cccc(Cl)c2n1C. The normalized spacial score (nSPS) is 11.7. The van der Waals surface area contributed by atoms with E-state index >= 15 is 0 Å². The van der Waals surface area contributed by atoms with Gasteiger partial charge in [-0.3, -0.25) is 0 Å². The van der Waals surface area contributed by atoms with E-state index in [1.165, 1.54) is 16.6 Å². The molecule has 0 spiro atoms. The molecule has 0 aliphatic heterocycles. The molecule has 2 nitrogen and oxygen atoms in total. The summed E-state index contributed by atoms with van der Waals surface area (Å²) in [6.45, 7) is 7.52. The lowest BCUT2D eigenvalue weighted by molar-refractivity contribution is 0.590. The number of hydrogen-bond donors (Lipinski definition) is 1. The number of aryl methyl sites for hydroxylation is 1. The standard InChI is InChI=1S/C15H21ClN2/c1-10(2)17-9-8-12-11(3)18(4)15-13(12)6-5-7-14(15)16/h5-7,10,17H,8-9H2,1-4H3. The van der Waals surface area contributed by atoms with Crippen molar-refractivity contribution >= 4 is 22.5 Å². The first-order valence-electron chi connectivity index (χ1n) is 6.48. The first-order valence-corrected chi connectivity index (χ1v) is 6.86. The molecule has 3 heteroatoms. The highest BCUT2D eigenvalue weighted by Gasteiger charge is 2.13. The van der Waals surface area contributed by atoms with Gasteiger partial charge in [-0.25, -0.2) is 0 Å². The molecule has 0 aliphatic carbocycles. The summed E-state index contributed by atoms with van der Waals surface area (Å²) in [6, 6.07) is 6.69. The zero-order chi connectivity index (χ0) is 13.3. The number of benzene rings is 1. The predicted octanol–water partition coefficient (Wildman–Crippen LogP) is 3.68. The van der Waals surface area contributed by atoms with Crippen molar-refractivity contribution in [2.75, 3.05) is 6.54 Å². The van der Waals surface area contributed by atoms with Gasteiger partial charge >= 0.3 is 0 Å². The number of para-hydroxylation sites is 1. The van der Waals surface area contributed by atoms with Gasteiger partial charge in [-0.1, -0.05) is 37.6 Å². The van der Waals surface area contributed by atoms with E-state index in [2.05, 4.69) is 43.8 Å². The zero-order valence-electron chi connectivity index (χ0n) is 11.5. The summed E-state index contributed by atoms with van der Waals surface area (Å²) in [5, 5.41) is 5.59. The monoisotopic (exact) mass is 264 g/mol. The van der Waals surface area contributed by atoms with E-state index in [1.54, 1.807) is 0 Å². The van der Waals surface area contributed by atoms with Crippen molar-refractivity contribution in [3.05, 3.63) is 34.5 Å². The number of halogens is 1. The Morgan fingerprint density at radius 3 is 2.72 bits per heavy atom. The molecule has 0 radical (unpaired) electrons. The Hall–Kier alpha value is -0.990. The maximum atomic E-state index is 6.30. The molecule has 0 saturated carbocycles. The van der Waals surface area contributed by atoms with Crippen LogP contribution in [0.15, 0.2) is 18.2 Å². The Morgan fingerprint density at radius 2 is 2.06 bits per heavy atom. The molecule has 0 bridgehead atoms. The largest absolute Gasteiger partial charge is 0.346 e. The van der Waals surface area contributed by atoms with Gasteiger partial charge in [-0.05, 0) is 31.5 Å². The summed E-state index contributed by atoms with van der Waals surface area (Å²) >= 11 is 6.30. The van der Waals surface area contributed by atoms with Gasteiger partial charge in [0.1, 0.15) is 0 Å². The van der Waals surface area contributed by atoms with Crippen LogP contribution in [-0.2, 0) is 13.5 Å². The maximum absolute atomic E-state index is 6.30. The van der Waals surface area contributed by atoms with Gasteiger partial charge < -0.3 is 9.88 Å². The molecule has 2 aromatic rings. The van der Waals surface area contributed by atoms with E-state index in [0.29, 0.717) is 6.04 Å². The van der Waals surface area contributed by atoms with Gasteiger partial charge in [-0.15, -0.1) is 0 Å². The first kappa shape index (κ1) is 13.4. The van der Waals surface area contributed by atoms with Crippen LogP contribution in [0.25, 0.3) is 10.9 Å². The Balaban J connectivity index is 2.38. The van der Waals surface area contributed by atoms with Crippen molar-refractivity contribution < 1.29 is 0 Å². The Bertz CT molecular complexity index is 555. The summed E-state index contributed by atoms with van der Waals surface area (Å²) in [5.74, 6) is 0. The van der Waals surface area contributed by atoms with Gasteiger partial charge in [-0.2, -0.15) is 0 Å². The third-order valence-electron chi connectivity index (χ3n) is 3.51. The van der Waals surface area contributed by atoms with Crippen molar-refractivity contribution in [2.24, 2.45) is 7.05 Å². The highest BCUT2D eigenvalue weighted by molar-refractivity contribution is 6.35. The van der Waals surface area contributed by atoms with Gasteiger partial charge in [0.05, 0.1) is 10.5 Å². The van der Waals surface area contributed by atoms with Crippen LogP contribution in [0.2, 0.25) is 5.02 Å². The minimum Gasteiger partial charge on any atom is -0.346 e. The molecule has 1 aromatic heterocycles. The maximum Gasteiger partial charge on any atom is 0.0672 e. The van der Waals surface area contributed by atoms with E-state index in [1.807, 2.05) is 12.1 Å². The number of nitrogens with zero attached hydrogens (tertiary/aromatic N) is 1. The summed E-state index contributed by atoms with van der Waals surface area (Å²) in [5.41, 5.74) is 3.86. The molecule has 98 valence electrons. The van der Waals surface area contributed by atoms with Crippen LogP contribution in [0.5, 0.6) is 0 Å². The molecule has 0 aliphatic rings. The highest BCUT2D eigenvalue weighted by atomic mass is 35.5. The van der Waals surface area contributed by atoms with Crippen molar-refractivity contribution in [3.63, 3.8) is 0 Å². The lowest BCUT2D eigenvalue weighted by Gasteiger charge is -2.08. The number of nitrogens with one attached hydrogen (secondary N) is 1. The smallest absolute Gasteiger partial charge is 0.0672 e. The average Bonchev–Trinajstić information content (AvgIpc) is 2.55. The van der Waals surface area contributed by atoms with Gasteiger partial charge in [0.2, 0.25) is 0 Å². The third kappa shape index (κ3) is 2.40. The quantitative estimate of drug-likeness (QED) is 0.891. The first-order chi connectivity index (χ1) is 8.52. The molecule has 2 rings (SSSR count). The highest BCUT2D eigenvalue weighted by Crippen LogP contribution is 2.30. The molecule has 0 saturated heterocycles. The van der Waals surface area contributed by atoms with Crippen LogP contribution in [0, 0.1) is 6.92 Å². The number of fused-ring (bicyclic) bond motifs is 1. The van der Waals surface area contributed by atoms with Crippen LogP contribution >= 0.6 is 11.6 Å². The minimum absolute atomic E-state index is 0.531. The van der Waals surface area contributed by atoms with Gasteiger partial charge in [0.15, 0.2) is 0 Å². The molecule has 18 heavy (non-hydrogen) atoms. The van der Waals surface area contributed by atoms with Crippen LogP contribution in [0.4, 0.5) is 0 Å². The average molecular weight is 265 g/mol. The van der Waals surface area contributed by atoms with Crippen LogP contribution in [0.1, 0.15) is 25.1 Å². The lowest BCUT2D eigenvalue weighted by Crippen LogP contribution is -2.25. The molecule has 1 N–H and O–H groups in total. The van der Waals surface area contributed by atoms with Crippen molar-refractivity contribution in [1.82, 2.24) is 9.88 Å². The summed E-state index contributed by atoms with van der Waals surface area (Å²) < 4.78 is 2.20. The Kier molecular flexibility index (Phi) is 3.98.